The summed E-state index contributed by atoms with van der Waals surface area (Å²) < 4.78 is 100.0. The maximum atomic E-state index is 13.1. The number of hydrogen-bond acceptors (Lipinski definition) is 1. The second-order valence-electron chi connectivity index (χ2n) is 3.41. The molecule has 1 atom stereocenters. The Labute approximate surface area is 107 Å². The molecule has 0 saturated heterocycles. The number of alkyl halides is 3. The van der Waals surface area contributed by atoms with Gasteiger partial charge in [0.2, 0.25) is 5.82 Å². The van der Waals surface area contributed by atoms with Crippen LogP contribution < -0.4 is 5.73 Å². The number of halogens is 9. The number of hydrogen-bond donors (Lipinski definition) is 1. The number of rotatable bonds is 2. The van der Waals surface area contributed by atoms with E-state index < -0.39 is 53.3 Å². The monoisotopic (exact) mass is 315 g/mol. The molecule has 10 heteroatoms. The Morgan fingerprint density at radius 1 is 0.789 bits per heavy atom. The summed E-state index contributed by atoms with van der Waals surface area (Å²) in [6.45, 7) is 0. The molecule has 0 aliphatic carbocycles. The van der Waals surface area contributed by atoms with Gasteiger partial charge in [-0.1, -0.05) is 0 Å². The maximum absolute atomic E-state index is 13.1. The third-order valence-corrected chi connectivity index (χ3v) is 2.07. The van der Waals surface area contributed by atoms with Gasteiger partial charge in [0.05, 0.1) is 6.42 Å². The van der Waals surface area contributed by atoms with Gasteiger partial charge in [0.15, 0.2) is 23.3 Å². The van der Waals surface area contributed by atoms with Crippen LogP contribution >= 0.6 is 12.4 Å². The predicted octanol–water partition coefficient (Wildman–Crippen LogP) is 3.76. The minimum absolute atomic E-state index is 0. The summed E-state index contributed by atoms with van der Waals surface area (Å²) in [7, 11) is 0. The first-order valence-electron chi connectivity index (χ1n) is 4.40. The molecule has 0 spiro atoms. The van der Waals surface area contributed by atoms with E-state index in [0.717, 1.165) is 0 Å². The minimum Gasteiger partial charge on any atom is -0.323 e. The van der Waals surface area contributed by atoms with Crippen LogP contribution in [0, 0.1) is 29.1 Å². The minimum atomic E-state index is -4.90. The van der Waals surface area contributed by atoms with Gasteiger partial charge in [-0.15, -0.1) is 12.4 Å². The van der Waals surface area contributed by atoms with Crippen molar-refractivity contribution in [1.82, 2.24) is 0 Å². The average molecular weight is 316 g/mol. The van der Waals surface area contributed by atoms with E-state index in [2.05, 4.69) is 0 Å². The highest BCUT2D eigenvalue weighted by molar-refractivity contribution is 5.85. The lowest BCUT2D eigenvalue weighted by Gasteiger charge is -2.16. The van der Waals surface area contributed by atoms with E-state index >= 15 is 0 Å². The molecule has 0 aliphatic rings. The SMILES string of the molecule is Cl.N[C@@H](CC(F)(F)F)c1c(F)c(F)c(F)c(F)c1F. The van der Waals surface area contributed by atoms with Crippen LogP contribution in [0.5, 0.6) is 0 Å². The number of benzene rings is 1. The molecule has 0 amide bonds. The van der Waals surface area contributed by atoms with Gasteiger partial charge in [0.1, 0.15) is 0 Å². The van der Waals surface area contributed by atoms with Crippen molar-refractivity contribution in [2.75, 3.05) is 0 Å². The van der Waals surface area contributed by atoms with Crippen LogP contribution in [0.15, 0.2) is 0 Å². The Hall–Kier alpha value is -1.09. The lowest BCUT2D eigenvalue weighted by molar-refractivity contribution is -0.138. The van der Waals surface area contributed by atoms with Crippen molar-refractivity contribution in [3.8, 4) is 0 Å². The molecule has 0 saturated carbocycles. The third-order valence-electron chi connectivity index (χ3n) is 2.07. The summed E-state index contributed by atoms with van der Waals surface area (Å²) in [6.07, 6.45) is -6.81. The summed E-state index contributed by atoms with van der Waals surface area (Å²) in [5.41, 5.74) is 3.14. The molecular weight excluding hydrogens is 310 g/mol. The quantitative estimate of drug-likeness (QED) is 0.502. The van der Waals surface area contributed by atoms with Crippen LogP contribution in [0.4, 0.5) is 35.1 Å². The smallest absolute Gasteiger partial charge is 0.323 e. The standard InChI is InChI=1S/C9H5F8N.ClH/c10-4-3(2(18)1-9(15,16)17)5(11)7(13)8(14)6(4)12;/h2H,1,18H2;1H/t2-;/m0./s1. The normalized spacial score (nSPS) is 13.1. The Bertz CT molecular complexity index is 443. The van der Waals surface area contributed by atoms with Crippen LogP contribution in [-0.2, 0) is 0 Å². The van der Waals surface area contributed by atoms with Crippen molar-refractivity contribution in [2.24, 2.45) is 5.73 Å². The molecular formula is C9H6ClF8N. The summed E-state index contributed by atoms with van der Waals surface area (Å²) >= 11 is 0. The van der Waals surface area contributed by atoms with E-state index in [-0.39, 0.29) is 12.4 Å². The van der Waals surface area contributed by atoms with Crippen LogP contribution in [0.3, 0.4) is 0 Å². The summed E-state index contributed by atoms with van der Waals surface area (Å²) in [6, 6.07) is -2.38. The Balaban J connectivity index is 0.00000324. The van der Waals surface area contributed by atoms with Gasteiger partial charge in [-0.25, -0.2) is 22.0 Å². The van der Waals surface area contributed by atoms with Crippen LogP contribution in [-0.4, -0.2) is 6.18 Å². The van der Waals surface area contributed by atoms with Crippen molar-refractivity contribution >= 4 is 12.4 Å². The first kappa shape index (κ1) is 17.9. The molecule has 19 heavy (non-hydrogen) atoms. The fourth-order valence-electron chi connectivity index (χ4n) is 1.30. The largest absolute Gasteiger partial charge is 0.390 e. The van der Waals surface area contributed by atoms with Gasteiger partial charge in [0, 0.05) is 11.6 Å². The van der Waals surface area contributed by atoms with Gasteiger partial charge < -0.3 is 5.73 Å². The molecule has 0 heterocycles. The molecule has 2 N–H and O–H groups in total. The fourth-order valence-corrected chi connectivity index (χ4v) is 1.30. The Morgan fingerprint density at radius 2 is 1.11 bits per heavy atom. The highest BCUT2D eigenvalue weighted by atomic mass is 35.5. The van der Waals surface area contributed by atoms with Crippen molar-refractivity contribution in [2.45, 2.75) is 18.6 Å². The first-order chi connectivity index (χ1) is 8.06. The topological polar surface area (TPSA) is 26.0 Å². The predicted molar refractivity (Wildman–Crippen MR) is 51.1 cm³/mol. The van der Waals surface area contributed by atoms with Crippen molar-refractivity contribution in [3.63, 3.8) is 0 Å². The Kier molecular flexibility index (Phi) is 5.57. The zero-order chi connectivity index (χ0) is 14.2. The molecule has 1 aromatic rings. The molecule has 1 nitrogen and oxygen atoms in total. The summed E-state index contributed by atoms with van der Waals surface area (Å²) in [5, 5.41) is 0. The van der Waals surface area contributed by atoms with Crippen molar-refractivity contribution < 1.29 is 35.1 Å². The molecule has 1 rings (SSSR count). The van der Waals surface area contributed by atoms with E-state index in [1.807, 2.05) is 0 Å². The maximum Gasteiger partial charge on any atom is 0.390 e. The highest BCUT2D eigenvalue weighted by Gasteiger charge is 2.36. The molecule has 110 valence electrons. The molecule has 0 bridgehead atoms. The van der Waals surface area contributed by atoms with Crippen LogP contribution in [0.1, 0.15) is 18.0 Å². The van der Waals surface area contributed by atoms with E-state index in [4.69, 9.17) is 5.73 Å². The lowest BCUT2D eigenvalue weighted by atomic mass is 10.0. The van der Waals surface area contributed by atoms with Crippen LogP contribution in [0.25, 0.3) is 0 Å². The molecule has 0 fully saturated rings. The zero-order valence-corrected chi connectivity index (χ0v) is 9.61. The third kappa shape index (κ3) is 3.69. The summed E-state index contributed by atoms with van der Waals surface area (Å²) in [4.78, 5) is 0. The molecule has 1 aromatic carbocycles. The lowest BCUT2D eigenvalue weighted by Crippen LogP contribution is -2.24. The van der Waals surface area contributed by atoms with E-state index in [9.17, 15) is 35.1 Å². The van der Waals surface area contributed by atoms with Gasteiger partial charge in [-0.2, -0.15) is 13.2 Å². The molecule has 0 aromatic heterocycles. The van der Waals surface area contributed by atoms with Crippen molar-refractivity contribution in [3.05, 3.63) is 34.6 Å². The Morgan fingerprint density at radius 3 is 1.42 bits per heavy atom. The van der Waals surface area contributed by atoms with E-state index in [1.54, 1.807) is 0 Å². The van der Waals surface area contributed by atoms with Crippen LogP contribution in [0.2, 0.25) is 0 Å². The number of nitrogens with two attached hydrogens (primary N) is 1. The van der Waals surface area contributed by atoms with E-state index in [0.29, 0.717) is 0 Å². The second-order valence-corrected chi connectivity index (χ2v) is 3.41. The molecule has 0 radical (unpaired) electrons. The summed E-state index contributed by atoms with van der Waals surface area (Å²) in [5.74, 6) is -11.8. The van der Waals surface area contributed by atoms with Gasteiger partial charge >= 0.3 is 6.18 Å². The zero-order valence-electron chi connectivity index (χ0n) is 8.79. The molecule has 0 unspecified atom stereocenters. The second kappa shape index (κ2) is 5.91. The fraction of sp³-hybridized carbons (Fsp3) is 0.333. The van der Waals surface area contributed by atoms with Gasteiger partial charge in [-0.3, -0.25) is 0 Å². The van der Waals surface area contributed by atoms with Crippen molar-refractivity contribution in [1.29, 1.82) is 0 Å². The van der Waals surface area contributed by atoms with Gasteiger partial charge in [0.25, 0.3) is 0 Å². The van der Waals surface area contributed by atoms with E-state index in [1.165, 1.54) is 0 Å². The first-order valence-corrected chi connectivity index (χ1v) is 4.40. The highest BCUT2D eigenvalue weighted by Crippen LogP contribution is 2.33. The van der Waals surface area contributed by atoms with Gasteiger partial charge in [-0.05, 0) is 0 Å². The average Bonchev–Trinajstić information content (AvgIpc) is 2.21. The molecule has 0 aliphatic heterocycles.